The van der Waals surface area contributed by atoms with Gasteiger partial charge in [-0.25, -0.2) is 4.68 Å². The normalized spacial score (nSPS) is 10.7. The van der Waals surface area contributed by atoms with Crippen LogP contribution in [0.2, 0.25) is 0 Å². The Labute approximate surface area is 156 Å². The highest BCUT2D eigenvalue weighted by Crippen LogP contribution is 2.30. The highest BCUT2D eigenvalue weighted by molar-refractivity contribution is 6.06. The van der Waals surface area contributed by atoms with E-state index in [1.54, 1.807) is 48.9 Å². The first-order valence-corrected chi connectivity index (χ1v) is 8.47. The summed E-state index contributed by atoms with van der Waals surface area (Å²) >= 11 is 0. The number of nitro groups is 1. The lowest BCUT2D eigenvalue weighted by Crippen LogP contribution is -2.14. The summed E-state index contributed by atoms with van der Waals surface area (Å²) in [5, 5.41) is 18.4. The molecule has 7 heteroatoms. The van der Waals surface area contributed by atoms with E-state index in [-0.39, 0.29) is 11.4 Å². The van der Waals surface area contributed by atoms with Crippen molar-refractivity contribution in [3.63, 3.8) is 0 Å². The molecule has 3 rings (SSSR count). The molecule has 3 aromatic rings. The topological polar surface area (TPSA) is 90.1 Å². The zero-order valence-electron chi connectivity index (χ0n) is 15.6. The van der Waals surface area contributed by atoms with E-state index in [0.29, 0.717) is 11.1 Å². The van der Waals surface area contributed by atoms with Crippen LogP contribution in [0, 0.1) is 37.8 Å². The van der Waals surface area contributed by atoms with Gasteiger partial charge < -0.3 is 5.32 Å². The number of amides is 1. The van der Waals surface area contributed by atoms with Crippen LogP contribution in [-0.4, -0.2) is 20.6 Å². The minimum atomic E-state index is -0.485. The molecule has 0 aliphatic carbocycles. The van der Waals surface area contributed by atoms with Crippen LogP contribution in [0.15, 0.2) is 42.5 Å². The number of rotatable bonds is 4. The molecule has 0 saturated carbocycles. The molecule has 0 unspecified atom stereocenters. The third-order valence-corrected chi connectivity index (χ3v) is 4.28. The number of nitrogens with zero attached hydrogens (tertiary/aromatic N) is 3. The number of anilines is 1. The number of aromatic nitrogens is 2. The van der Waals surface area contributed by atoms with E-state index in [9.17, 15) is 14.9 Å². The first-order chi connectivity index (χ1) is 12.8. The summed E-state index contributed by atoms with van der Waals surface area (Å²) in [5.41, 5.74) is 4.69. The Morgan fingerprint density at radius 2 is 1.74 bits per heavy atom. The van der Waals surface area contributed by atoms with Crippen molar-refractivity contribution in [3.05, 3.63) is 80.7 Å². The summed E-state index contributed by atoms with van der Waals surface area (Å²) < 4.78 is 1.80. The molecule has 0 saturated heterocycles. The molecule has 0 radical (unpaired) electrons. The largest absolute Gasteiger partial charge is 0.316 e. The van der Waals surface area contributed by atoms with Crippen LogP contribution >= 0.6 is 0 Å². The van der Waals surface area contributed by atoms with Gasteiger partial charge in [-0.15, -0.1) is 0 Å². The van der Waals surface area contributed by atoms with Crippen LogP contribution in [0.3, 0.4) is 0 Å². The third kappa shape index (κ3) is 3.72. The average molecular weight is 364 g/mol. The van der Waals surface area contributed by atoms with E-state index in [2.05, 4.69) is 10.4 Å². The summed E-state index contributed by atoms with van der Waals surface area (Å²) in [4.78, 5) is 23.4. The monoisotopic (exact) mass is 364 g/mol. The van der Waals surface area contributed by atoms with Gasteiger partial charge in [-0.2, -0.15) is 5.10 Å². The molecular weight excluding hydrogens is 344 g/mol. The second-order valence-electron chi connectivity index (χ2n) is 6.57. The van der Waals surface area contributed by atoms with E-state index >= 15 is 0 Å². The molecule has 0 bridgehead atoms. The van der Waals surface area contributed by atoms with Gasteiger partial charge in [-0.05, 0) is 69.2 Å². The number of carbonyl (C=O) groups is 1. The zero-order chi connectivity index (χ0) is 19.7. The third-order valence-electron chi connectivity index (χ3n) is 4.28. The summed E-state index contributed by atoms with van der Waals surface area (Å²) in [5.74, 6) is -0.398. The summed E-state index contributed by atoms with van der Waals surface area (Å²) in [6.07, 6.45) is 0. The number of aryl methyl sites for hydroxylation is 4. The van der Waals surface area contributed by atoms with Crippen LogP contribution in [-0.2, 0) is 0 Å². The molecule has 138 valence electrons. The van der Waals surface area contributed by atoms with Gasteiger partial charge in [0.05, 0.1) is 16.3 Å². The smallest absolute Gasteiger partial charge is 0.293 e. The molecule has 0 spiro atoms. The molecule has 1 N–H and O–H groups in total. The van der Waals surface area contributed by atoms with Crippen LogP contribution in [0.1, 0.15) is 32.9 Å². The maximum Gasteiger partial charge on any atom is 0.293 e. The van der Waals surface area contributed by atoms with Crippen molar-refractivity contribution < 1.29 is 9.72 Å². The van der Waals surface area contributed by atoms with Gasteiger partial charge in [0, 0.05) is 17.3 Å². The first-order valence-electron chi connectivity index (χ1n) is 8.47. The number of hydrogen-bond acceptors (Lipinski definition) is 4. The average Bonchev–Trinajstić information content (AvgIpc) is 2.95. The van der Waals surface area contributed by atoms with Crippen molar-refractivity contribution in [2.75, 3.05) is 5.32 Å². The molecule has 0 fully saturated rings. The van der Waals surface area contributed by atoms with Gasteiger partial charge in [-0.1, -0.05) is 6.07 Å². The minimum absolute atomic E-state index is 0.111. The summed E-state index contributed by atoms with van der Waals surface area (Å²) in [6, 6.07) is 12.2. The predicted molar refractivity (Wildman–Crippen MR) is 104 cm³/mol. The van der Waals surface area contributed by atoms with Crippen molar-refractivity contribution in [1.82, 2.24) is 9.78 Å². The van der Waals surface area contributed by atoms with E-state index in [0.717, 1.165) is 22.6 Å². The van der Waals surface area contributed by atoms with Gasteiger partial charge in [0.25, 0.3) is 11.6 Å². The van der Waals surface area contributed by atoms with Crippen LogP contribution in [0.25, 0.3) is 5.69 Å². The Kier molecular flexibility index (Phi) is 4.77. The van der Waals surface area contributed by atoms with Gasteiger partial charge in [0.15, 0.2) is 0 Å². The highest BCUT2D eigenvalue weighted by atomic mass is 16.6. The minimum Gasteiger partial charge on any atom is -0.316 e. The van der Waals surface area contributed by atoms with Crippen LogP contribution in [0.4, 0.5) is 11.4 Å². The van der Waals surface area contributed by atoms with Gasteiger partial charge in [0.2, 0.25) is 0 Å². The van der Waals surface area contributed by atoms with Crippen molar-refractivity contribution >= 4 is 17.3 Å². The van der Waals surface area contributed by atoms with E-state index in [4.69, 9.17) is 0 Å². The molecule has 0 aliphatic heterocycles. The summed E-state index contributed by atoms with van der Waals surface area (Å²) in [6.45, 7) is 7.40. The number of nitro benzene ring substituents is 1. The maximum atomic E-state index is 12.6. The Morgan fingerprint density at radius 1 is 1.07 bits per heavy atom. The number of hydrogen-bond donors (Lipinski definition) is 1. The standard InChI is InChI=1S/C20H20N4O3/c1-12-9-13(2)19(18(10-12)24(26)27)21-20(25)16-5-7-17(8-6-16)23-15(4)11-14(3)22-23/h5-11H,1-4H3,(H,21,25). The molecular formula is C20H20N4O3. The van der Waals surface area contributed by atoms with Gasteiger partial charge in [-0.3, -0.25) is 14.9 Å². The Bertz CT molecular complexity index is 1040. The molecule has 0 atom stereocenters. The Morgan fingerprint density at radius 3 is 2.30 bits per heavy atom. The highest BCUT2D eigenvalue weighted by Gasteiger charge is 2.19. The second-order valence-corrected chi connectivity index (χ2v) is 6.57. The van der Waals surface area contributed by atoms with Crippen molar-refractivity contribution in [2.24, 2.45) is 0 Å². The van der Waals surface area contributed by atoms with E-state index in [1.165, 1.54) is 6.07 Å². The van der Waals surface area contributed by atoms with Gasteiger partial charge >= 0.3 is 0 Å². The fourth-order valence-electron chi connectivity index (χ4n) is 3.08. The molecule has 0 aliphatic rings. The molecule has 1 aromatic heterocycles. The number of carbonyl (C=O) groups excluding carboxylic acids is 1. The van der Waals surface area contributed by atoms with Crippen LogP contribution < -0.4 is 5.32 Å². The Hall–Kier alpha value is -3.48. The van der Waals surface area contributed by atoms with E-state index in [1.807, 2.05) is 19.9 Å². The lowest BCUT2D eigenvalue weighted by molar-refractivity contribution is -0.384. The van der Waals surface area contributed by atoms with Crippen LogP contribution in [0.5, 0.6) is 0 Å². The quantitative estimate of drug-likeness (QED) is 0.553. The van der Waals surface area contributed by atoms with Crippen molar-refractivity contribution in [1.29, 1.82) is 0 Å². The number of nitrogens with one attached hydrogen (secondary N) is 1. The van der Waals surface area contributed by atoms with E-state index < -0.39 is 10.8 Å². The summed E-state index contributed by atoms with van der Waals surface area (Å²) in [7, 11) is 0. The van der Waals surface area contributed by atoms with Crippen molar-refractivity contribution in [2.45, 2.75) is 27.7 Å². The fourth-order valence-corrected chi connectivity index (χ4v) is 3.08. The molecule has 1 amide bonds. The molecule has 7 nitrogen and oxygen atoms in total. The fraction of sp³-hybridized carbons (Fsp3) is 0.200. The van der Waals surface area contributed by atoms with Gasteiger partial charge in [0.1, 0.15) is 5.69 Å². The molecule has 2 aromatic carbocycles. The SMILES string of the molecule is Cc1cc(C)c(NC(=O)c2ccc(-n3nc(C)cc3C)cc2)c([N+](=O)[O-])c1. The van der Waals surface area contributed by atoms with Crippen molar-refractivity contribution in [3.8, 4) is 5.69 Å². The predicted octanol–water partition coefficient (Wildman–Crippen LogP) is 4.27. The Balaban J connectivity index is 1.88. The zero-order valence-corrected chi connectivity index (χ0v) is 15.6. The maximum absolute atomic E-state index is 12.6. The second kappa shape index (κ2) is 7.03. The number of benzene rings is 2. The lowest BCUT2D eigenvalue weighted by Gasteiger charge is -2.11. The first kappa shape index (κ1) is 18.3. The molecule has 27 heavy (non-hydrogen) atoms. The molecule has 1 heterocycles. The lowest BCUT2D eigenvalue weighted by atomic mass is 10.1.